The third kappa shape index (κ3) is 1.52. The van der Waals surface area contributed by atoms with Crippen molar-refractivity contribution in [2.75, 3.05) is 0 Å². The largest absolute Gasteiger partial charge is 0.509 e. The molecule has 2 nitrogen and oxygen atoms in total. The van der Waals surface area contributed by atoms with E-state index < -0.39 is 0 Å². The predicted molar refractivity (Wildman–Crippen MR) is 67.4 cm³/mol. The van der Waals surface area contributed by atoms with Crippen LogP contribution in [0.15, 0.2) is 24.3 Å². The van der Waals surface area contributed by atoms with Crippen LogP contribution in [0.2, 0.25) is 0 Å². The van der Waals surface area contributed by atoms with Gasteiger partial charge >= 0.3 is 0 Å². The minimum atomic E-state index is 0.335. The number of rotatable bonds is 1. The maximum absolute atomic E-state index is 10.6. The lowest BCUT2D eigenvalue weighted by atomic mass is 9.81. The van der Waals surface area contributed by atoms with Crippen LogP contribution in [0.3, 0.4) is 0 Å². The van der Waals surface area contributed by atoms with Crippen molar-refractivity contribution in [3.8, 4) is 5.75 Å². The quantitative estimate of drug-likeness (QED) is 0.463. The van der Waals surface area contributed by atoms with E-state index in [4.69, 9.17) is 0 Å². The molecule has 0 radical (unpaired) electrons. The average molecular weight is 196 g/mol. The van der Waals surface area contributed by atoms with Crippen LogP contribution < -0.4 is 10.9 Å². The van der Waals surface area contributed by atoms with Crippen molar-refractivity contribution in [3.05, 3.63) is 29.8 Å². The zero-order valence-electron chi connectivity index (χ0n) is 8.74. The van der Waals surface area contributed by atoms with Crippen molar-refractivity contribution in [2.24, 2.45) is 0 Å². The fraction of sp³-hybridized carbons (Fsp3) is 0. The third-order valence-corrected chi connectivity index (χ3v) is 2.72. The Morgan fingerprint density at radius 3 is 2.60 bits per heavy atom. The van der Waals surface area contributed by atoms with Crippen LogP contribution in [0.4, 0.5) is 0 Å². The van der Waals surface area contributed by atoms with E-state index in [0.717, 1.165) is 28.0 Å². The van der Waals surface area contributed by atoms with Gasteiger partial charge in [-0.25, -0.2) is 0 Å². The topological polar surface area (TPSA) is 37.3 Å². The minimum absolute atomic E-state index is 0.335. The minimum Gasteiger partial charge on any atom is -0.509 e. The van der Waals surface area contributed by atoms with Gasteiger partial charge in [-0.05, 0) is 27.8 Å². The Kier molecular flexibility index (Phi) is 2.27. The fourth-order valence-electron chi connectivity index (χ4n) is 1.84. The molecule has 2 aromatic rings. The van der Waals surface area contributed by atoms with Crippen molar-refractivity contribution in [2.45, 2.75) is 0 Å². The Morgan fingerprint density at radius 1 is 1.20 bits per heavy atom. The van der Waals surface area contributed by atoms with Crippen LogP contribution in [0.25, 0.3) is 10.8 Å². The van der Waals surface area contributed by atoms with Crippen molar-refractivity contribution in [1.82, 2.24) is 0 Å². The number of aromatic hydroxyl groups is 1. The molecule has 0 amide bonds. The molecule has 0 fully saturated rings. The second-order valence-electron chi connectivity index (χ2n) is 3.77. The summed E-state index contributed by atoms with van der Waals surface area (Å²) < 4.78 is 0. The number of phenols is 1. The molecule has 0 saturated heterocycles. The lowest BCUT2D eigenvalue weighted by molar-refractivity contribution is 0.112. The van der Waals surface area contributed by atoms with Crippen LogP contribution in [0.5, 0.6) is 5.75 Å². The second-order valence-corrected chi connectivity index (χ2v) is 3.77. The van der Waals surface area contributed by atoms with Gasteiger partial charge in [-0.3, -0.25) is 4.79 Å². The average Bonchev–Trinajstić information content (AvgIpc) is 2.25. The first-order valence-electron chi connectivity index (χ1n) is 4.81. The zero-order chi connectivity index (χ0) is 11.0. The lowest BCUT2D eigenvalue weighted by Gasteiger charge is -2.08. The summed E-state index contributed by atoms with van der Waals surface area (Å²) in [5.74, 6) is 0.335. The van der Waals surface area contributed by atoms with Gasteiger partial charge in [-0.15, -0.1) is 0 Å². The molecule has 0 aliphatic heterocycles. The summed E-state index contributed by atoms with van der Waals surface area (Å²) in [6, 6.07) is 7.36. The van der Waals surface area contributed by atoms with Gasteiger partial charge < -0.3 is 5.11 Å². The number of fused-ring (bicyclic) bond motifs is 1. The standard InChI is InChI=1S/C11H10B2O2/c12-9-4-7-3-6(5-14)1-2-8(7)10(13)11(9)15/h1-5,15H,12-13H2. The Hall–Kier alpha value is -1.70. The number of phenolic OH excluding ortho intramolecular Hbond substituents is 1. The summed E-state index contributed by atoms with van der Waals surface area (Å²) in [6.45, 7) is 0. The SMILES string of the molecule is Bc1cc2cc(C=O)ccc2c(B)c1O. The molecule has 4 heteroatoms. The number of carbonyl (C=O) groups excluding carboxylic acids is 1. The van der Waals surface area contributed by atoms with Crippen molar-refractivity contribution >= 4 is 43.7 Å². The molecule has 72 valence electrons. The molecule has 0 heterocycles. The molecule has 2 rings (SSSR count). The fourth-order valence-corrected chi connectivity index (χ4v) is 1.84. The molecule has 0 aromatic heterocycles. The summed E-state index contributed by atoms with van der Waals surface area (Å²) in [6.07, 6.45) is 0.830. The van der Waals surface area contributed by atoms with E-state index in [-0.39, 0.29) is 0 Å². The van der Waals surface area contributed by atoms with Gasteiger partial charge in [0.2, 0.25) is 0 Å². The molecule has 0 atom stereocenters. The van der Waals surface area contributed by atoms with Crippen molar-refractivity contribution in [1.29, 1.82) is 0 Å². The van der Waals surface area contributed by atoms with Gasteiger partial charge in [0.1, 0.15) is 27.7 Å². The van der Waals surface area contributed by atoms with Crippen molar-refractivity contribution < 1.29 is 9.90 Å². The van der Waals surface area contributed by atoms with Crippen LogP contribution in [-0.2, 0) is 0 Å². The molecule has 15 heavy (non-hydrogen) atoms. The van der Waals surface area contributed by atoms with E-state index in [0.29, 0.717) is 11.3 Å². The van der Waals surface area contributed by atoms with Gasteiger partial charge in [0, 0.05) is 5.56 Å². The van der Waals surface area contributed by atoms with E-state index in [1.807, 2.05) is 33.9 Å². The van der Waals surface area contributed by atoms with E-state index in [2.05, 4.69) is 0 Å². The first-order valence-corrected chi connectivity index (χ1v) is 4.81. The highest BCUT2D eigenvalue weighted by Crippen LogP contribution is 2.15. The Labute approximate surface area is 89.7 Å². The van der Waals surface area contributed by atoms with Crippen LogP contribution in [0.1, 0.15) is 10.4 Å². The molecular formula is C11H10B2O2. The Morgan fingerprint density at radius 2 is 1.93 bits per heavy atom. The van der Waals surface area contributed by atoms with Crippen molar-refractivity contribution in [3.63, 3.8) is 0 Å². The highest BCUT2D eigenvalue weighted by Gasteiger charge is 2.06. The number of hydrogen-bond donors (Lipinski definition) is 1. The van der Waals surface area contributed by atoms with Crippen LogP contribution in [-0.4, -0.2) is 27.1 Å². The summed E-state index contributed by atoms with van der Waals surface area (Å²) >= 11 is 0. The summed E-state index contributed by atoms with van der Waals surface area (Å²) in [4.78, 5) is 10.6. The molecular weight excluding hydrogens is 186 g/mol. The lowest BCUT2D eigenvalue weighted by Crippen LogP contribution is -2.16. The van der Waals surface area contributed by atoms with Gasteiger partial charge in [0.05, 0.1) is 0 Å². The van der Waals surface area contributed by atoms with Gasteiger partial charge in [0.25, 0.3) is 0 Å². The molecule has 0 spiro atoms. The first-order chi connectivity index (χ1) is 7.13. The monoisotopic (exact) mass is 196 g/mol. The molecule has 0 bridgehead atoms. The molecule has 0 aliphatic rings. The maximum atomic E-state index is 10.6. The summed E-state index contributed by atoms with van der Waals surface area (Å²) in [5, 5.41) is 11.7. The summed E-state index contributed by atoms with van der Waals surface area (Å²) in [5.41, 5.74) is 2.36. The van der Waals surface area contributed by atoms with E-state index in [1.54, 1.807) is 6.07 Å². The summed E-state index contributed by atoms with van der Waals surface area (Å²) in [7, 11) is 3.74. The van der Waals surface area contributed by atoms with Crippen LogP contribution in [0, 0.1) is 0 Å². The van der Waals surface area contributed by atoms with Gasteiger partial charge in [-0.1, -0.05) is 18.2 Å². The van der Waals surface area contributed by atoms with E-state index >= 15 is 0 Å². The first kappa shape index (κ1) is 9.84. The molecule has 0 saturated carbocycles. The smallest absolute Gasteiger partial charge is 0.150 e. The van der Waals surface area contributed by atoms with E-state index in [9.17, 15) is 9.90 Å². The zero-order valence-corrected chi connectivity index (χ0v) is 8.74. The van der Waals surface area contributed by atoms with Crippen LogP contribution >= 0.6 is 0 Å². The normalized spacial score (nSPS) is 10.4. The predicted octanol–water partition coefficient (Wildman–Crippen LogP) is -1.13. The Balaban J connectivity index is 2.86. The highest BCUT2D eigenvalue weighted by atomic mass is 16.3. The second kappa shape index (κ2) is 3.46. The number of hydrogen-bond acceptors (Lipinski definition) is 2. The van der Waals surface area contributed by atoms with Gasteiger partial charge in [0.15, 0.2) is 0 Å². The molecule has 1 N–H and O–H groups in total. The number of benzene rings is 2. The molecule has 0 aliphatic carbocycles. The number of aldehydes is 1. The Bertz CT molecular complexity index is 550. The van der Waals surface area contributed by atoms with Gasteiger partial charge in [-0.2, -0.15) is 0 Å². The third-order valence-electron chi connectivity index (χ3n) is 2.72. The van der Waals surface area contributed by atoms with E-state index in [1.165, 1.54) is 0 Å². The highest BCUT2D eigenvalue weighted by molar-refractivity contribution is 6.46. The maximum Gasteiger partial charge on any atom is 0.150 e. The number of carbonyl (C=O) groups is 1. The molecule has 2 aromatic carbocycles. The molecule has 0 unspecified atom stereocenters.